The third-order valence-corrected chi connectivity index (χ3v) is 5.26. The Morgan fingerprint density at radius 1 is 1.29 bits per heavy atom. The normalized spacial score (nSPS) is 26.0. The van der Waals surface area contributed by atoms with E-state index in [9.17, 15) is 24.8 Å². The minimum atomic E-state index is -1.00. The van der Waals surface area contributed by atoms with Gasteiger partial charge in [-0.2, -0.15) is 0 Å². The third-order valence-electron chi connectivity index (χ3n) is 5.26. The van der Waals surface area contributed by atoms with Crippen LogP contribution in [0.15, 0.2) is 18.2 Å². The van der Waals surface area contributed by atoms with E-state index in [0.29, 0.717) is 12.0 Å². The van der Waals surface area contributed by atoms with Gasteiger partial charge in [0.05, 0.1) is 4.92 Å². The molecule has 0 spiro atoms. The van der Waals surface area contributed by atoms with Crippen LogP contribution in [0.5, 0.6) is 0 Å². The summed E-state index contributed by atoms with van der Waals surface area (Å²) in [4.78, 5) is 36.6. The standard InChI is InChI=1S/C17H20N2O5/c1-10-6-7-12(9-14(10)19(23)24)16(20)18-13-5-3-2-4-11(13)8-15(18)17(21)22/h6-7,9,11,13,15H,2-5,8H2,1H3,(H,21,22). The molecular formula is C17H20N2O5. The van der Waals surface area contributed by atoms with Gasteiger partial charge in [0.1, 0.15) is 6.04 Å². The van der Waals surface area contributed by atoms with Crippen LogP contribution in [0.25, 0.3) is 0 Å². The number of carbonyl (C=O) groups is 2. The summed E-state index contributed by atoms with van der Waals surface area (Å²) < 4.78 is 0. The molecule has 1 amide bonds. The highest BCUT2D eigenvalue weighted by Crippen LogP contribution is 2.40. The van der Waals surface area contributed by atoms with Crippen molar-refractivity contribution in [2.75, 3.05) is 0 Å². The summed E-state index contributed by atoms with van der Waals surface area (Å²) in [5.41, 5.74) is 0.542. The highest BCUT2D eigenvalue weighted by atomic mass is 16.6. The molecule has 24 heavy (non-hydrogen) atoms. The van der Waals surface area contributed by atoms with Gasteiger partial charge >= 0.3 is 5.97 Å². The zero-order valence-corrected chi connectivity index (χ0v) is 13.5. The van der Waals surface area contributed by atoms with Crippen molar-refractivity contribution in [2.45, 2.75) is 51.1 Å². The van der Waals surface area contributed by atoms with Gasteiger partial charge in [-0.15, -0.1) is 0 Å². The molecule has 128 valence electrons. The molecule has 0 bridgehead atoms. The fraction of sp³-hybridized carbons (Fsp3) is 0.529. The van der Waals surface area contributed by atoms with Crippen LogP contribution in [-0.4, -0.2) is 38.9 Å². The first kappa shape index (κ1) is 16.4. The van der Waals surface area contributed by atoms with Gasteiger partial charge in [0.2, 0.25) is 0 Å². The first-order chi connectivity index (χ1) is 11.4. The smallest absolute Gasteiger partial charge is 0.326 e. The van der Waals surface area contributed by atoms with E-state index in [-0.39, 0.29) is 23.2 Å². The Morgan fingerprint density at radius 2 is 2.00 bits per heavy atom. The first-order valence-electron chi connectivity index (χ1n) is 8.20. The Hall–Kier alpha value is -2.44. The number of carboxylic acids is 1. The molecule has 3 rings (SSSR count). The molecule has 1 aromatic carbocycles. The van der Waals surface area contributed by atoms with Crippen molar-refractivity contribution in [3.8, 4) is 0 Å². The average molecular weight is 332 g/mol. The van der Waals surface area contributed by atoms with Gasteiger partial charge in [0.15, 0.2) is 0 Å². The number of nitrogens with zero attached hydrogens (tertiary/aromatic N) is 2. The van der Waals surface area contributed by atoms with Crippen LogP contribution in [0, 0.1) is 23.0 Å². The maximum absolute atomic E-state index is 12.9. The molecule has 1 N–H and O–H groups in total. The molecule has 2 fully saturated rings. The van der Waals surface area contributed by atoms with Gasteiger partial charge in [0.25, 0.3) is 11.6 Å². The zero-order valence-electron chi connectivity index (χ0n) is 13.5. The Kier molecular flexibility index (Phi) is 4.26. The SMILES string of the molecule is Cc1ccc(C(=O)N2C(C(=O)O)CC3CCCCC32)cc1[N+](=O)[O-]. The lowest BCUT2D eigenvalue weighted by Gasteiger charge is -2.33. The monoisotopic (exact) mass is 332 g/mol. The molecule has 1 aromatic rings. The van der Waals surface area contributed by atoms with E-state index >= 15 is 0 Å². The number of carbonyl (C=O) groups excluding carboxylic acids is 1. The molecule has 0 aromatic heterocycles. The second-order valence-electron chi connectivity index (χ2n) is 6.67. The predicted molar refractivity (Wildman–Crippen MR) is 85.8 cm³/mol. The fourth-order valence-corrected chi connectivity index (χ4v) is 4.06. The summed E-state index contributed by atoms with van der Waals surface area (Å²) >= 11 is 0. The summed E-state index contributed by atoms with van der Waals surface area (Å²) in [5.74, 6) is -1.21. The number of aliphatic carboxylic acids is 1. The molecule has 0 radical (unpaired) electrons. The quantitative estimate of drug-likeness (QED) is 0.677. The van der Waals surface area contributed by atoms with Crippen molar-refractivity contribution in [1.29, 1.82) is 0 Å². The molecule has 7 heteroatoms. The van der Waals surface area contributed by atoms with Crippen LogP contribution in [0.3, 0.4) is 0 Å². The number of carboxylic acid groups (broad SMARTS) is 1. The number of fused-ring (bicyclic) bond motifs is 1. The van der Waals surface area contributed by atoms with Crippen LogP contribution in [0.1, 0.15) is 48.0 Å². The number of amides is 1. The Balaban J connectivity index is 1.96. The molecule has 1 saturated heterocycles. The molecule has 3 atom stereocenters. The number of hydrogen-bond acceptors (Lipinski definition) is 4. The number of benzene rings is 1. The van der Waals surface area contributed by atoms with Gasteiger partial charge in [-0.3, -0.25) is 14.9 Å². The summed E-state index contributed by atoms with van der Waals surface area (Å²) in [6.45, 7) is 1.61. The second kappa shape index (κ2) is 6.22. The van der Waals surface area contributed by atoms with E-state index in [1.807, 2.05) is 0 Å². The maximum atomic E-state index is 12.9. The van der Waals surface area contributed by atoms with Crippen molar-refractivity contribution in [2.24, 2.45) is 5.92 Å². The molecule has 1 aliphatic heterocycles. The highest BCUT2D eigenvalue weighted by Gasteiger charge is 2.47. The second-order valence-corrected chi connectivity index (χ2v) is 6.67. The van der Waals surface area contributed by atoms with Gasteiger partial charge in [-0.05, 0) is 38.2 Å². The number of aryl methyl sites for hydroxylation is 1. The Labute approximate surface area is 139 Å². The van der Waals surface area contributed by atoms with E-state index < -0.39 is 22.8 Å². The van der Waals surface area contributed by atoms with Crippen molar-refractivity contribution in [3.63, 3.8) is 0 Å². The van der Waals surface area contributed by atoms with E-state index in [0.717, 1.165) is 25.7 Å². The van der Waals surface area contributed by atoms with Crippen LogP contribution in [0.4, 0.5) is 5.69 Å². The highest BCUT2D eigenvalue weighted by molar-refractivity contribution is 5.98. The van der Waals surface area contributed by atoms with Gasteiger partial charge in [0, 0.05) is 23.2 Å². The summed E-state index contributed by atoms with van der Waals surface area (Å²) in [5, 5.41) is 20.6. The molecule has 1 heterocycles. The van der Waals surface area contributed by atoms with Crippen LogP contribution in [-0.2, 0) is 4.79 Å². The molecule has 1 saturated carbocycles. The van der Waals surface area contributed by atoms with Gasteiger partial charge in [-0.25, -0.2) is 4.79 Å². The lowest BCUT2D eigenvalue weighted by atomic mass is 9.84. The lowest BCUT2D eigenvalue weighted by molar-refractivity contribution is -0.385. The number of nitro groups is 1. The Bertz CT molecular complexity index is 702. The molecule has 2 aliphatic rings. The minimum Gasteiger partial charge on any atom is -0.480 e. The Morgan fingerprint density at radius 3 is 2.67 bits per heavy atom. The first-order valence-corrected chi connectivity index (χ1v) is 8.20. The summed E-state index contributed by atoms with van der Waals surface area (Å²) in [6.07, 6.45) is 4.25. The number of nitro benzene ring substituents is 1. The third kappa shape index (κ3) is 2.74. The summed E-state index contributed by atoms with van der Waals surface area (Å²) in [6, 6.07) is 3.42. The molecule has 7 nitrogen and oxygen atoms in total. The lowest BCUT2D eigenvalue weighted by Crippen LogP contribution is -2.46. The van der Waals surface area contributed by atoms with E-state index in [2.05, 4.69) is 0 Å². The topological polar surface area (TPSA) is 101 Å². The summed E-state index contributed by atoms with van der Waals surface area (Å²) in [7, 11) is 0. The zero-order chi connectivity index (χ0) is 17.4. The van der Waals surface area contributed by atoms with Crippen molar-refractivity contribution in [1.82, 2.24) is 4.90 Å². The van der Waals surface area contributed by atoms with Crippen molar-refractivity contribution in [3.05, 3.63) is 39.4 Å². The van der Waals surface area contributed by atoms with E-state index in [1.165, 1.54) is 17.0 Å². The average Bonchev–Trinajstić information content (AvgIpc) is 2.94. The molecular weight excluding hydrogens is 312 g/mol. The van der Waals surface area contributed by atoms with Crippen LogP contribution >= 0.6 is 0 Å². The molecule has 3 unspecified atom stereocenters. The molecule has 1 aliphatic carbocycles. The van der Waals surface area contributed by atoms with E-state index in [1.54, 1.807) is 13.0 Å². The van der Waals surface area contributed by atoms with Crippen LogP contribution in [0.2, 0.25) is 0 Å². The number of rotatable bonds is 3. The van der Waals surface area contributed by atoms with Gasteiger partial charge in [-0.1, -0.05) is 18.9 Å². The maximum Gasteiger partial charge on any atom is 0.326 e. The minimum absolute atomic E-state index is 0.0762. The van der Waals surface area contributed by atoms with Crippen molar-refractivity contribution < 1.29 is 19.6 Å². The van der Waals surface area contributed by atoms with Crippen molar-refractivity contribution >= 4 is 17.6 Å². The van der Waals surface area contributed by atoms with E-state index in [4.69, 9.17) is 0 Å². The number of hydrogen-bond donors (Lipinski definition) is 1. The number of likely N-dealkylation sites (tertiary alicyclic amines) is 1. The fourth-order valence-electron chi connectivity index (χ4n) is 4.06. The predicted octanol–water partition coefficient (Wildman–Crippen LogP) is 2.76. The largest absolute Gasteiger partial charge is 0.480 e. The van der Waals surface area contributed by atoms with Gasteiger partial charge < -0.3 is 10.0 Å². The van der Waals surface area contributed by atoms with Crippen LogP contribution < -0.4 is 0 Å².